The second-order valence-corrected chi connectivity index (χ2v) is 8.08. The molecule has 0 spiro atoms. The lowest BCUT2D eigenvalue weighted by Crippen LogP contribution is -2.52. The highest BCUT2D eigenvalue weighted by molar-refractivity contribution is 5.91. The Hall–Kier alpha value is -2.13. The van der Waals surface area contributed by atoms with Gasteiger partial charge in [-0.25, -0.2) is 4.79 Å². The van der Waals surface area contributed by atoms with Crippen LogP contribution in [0.4, 0.5) is 0 Å². The van der Waals surface area contributed by atoms with Crippen LogP contribution in [-0.4, -0.2) is 12.0 Å². The second-order valence-electron chi connectivity index (χ2n) is 8.08. The second kappa shape index (κ2) is 6.88. The third-order valence-corrected chi connectivity index (χ3v) is 6.41. The van der Waals surface area contributed by atoms with Crippen LogP contribution in [0.3, 0.4) is 0 Å². The molecule has 0 amide bonds. The summed E-state index contributed by atoms with van der Waals surface area (Å²) in [7, 11) is 0. The van der Waals surface area contributed by atoms with Crippen molar-refractivity contribution in [2.75, 3.05) is 0 Å². The molecule has 0 aliphatic heterocycles. The van der Waals surface area contributed by atoms with E-state index in [9.17, 15) is 4.79 Å². The van der Waals surface area contributed by atoms with E-state index in [1.165, 1.54) is 36.8 Å². The van der Waals surface area contributed by atoms with Crippen molar-refractivity contribution < 1.29 is 9.53 Å². The van der Waals surface area contributed by atoms with E-state index in [2.05, 4.69) is 19.1 Å². The summed E-state index contributed by atoms with van der Waals surface area (Å²) in [5.74, 6) is 0.864. The zero-order chi connectivity index (χ0) is 18.1. The fraction of sp³-hybridized carbons (Fsp3) is 0.435. The van der Waals surface area contributed by atoms with Gasteiger partial charge in [0.2, 0.25) is 0 Å². The average molecular weight is 349 g/mol. The van der Waals surface area contributed by atoms with Gasteiger partial charge in [-0.05, 0) is 60.6 Å². The predicted molar refractivity (Wildman–Crippen MR) is 103 cm³/mol. The van der Waals surface area contributed by atoms with Crippen LogP contribution in [0.25, 0.3) is 0 Å². The third kappa shape index (κ3) is 3.05. The van der Waals surface area contributed by atoms with Crippen LogP contribution in [0.5, 0.6) is 5.75 Å². The zero-order valence-corrected chi connectivity index (χ0v) is 15.4. The Bertz CT molecular complexity index is 801. The van der Waals surface area contributed by atoms with Crippen LogP contribution in [0.2, 0.25) is 0 Å². The van der Waals surface area contributed by atoms with Crippen molar-refractivity contribution in [2.24, 2.45) is 11.7 Å². The molecule has 3 heteroatoms. The molecule has 0 heterocycles. The number of carbonyl (C=O) groups is 1. The van der Waals surface area contributed by atoms with E-state index in [-0.39, 0.29) is 17.4 Å². The molecule has 2 bridgehead atoms. The molecule has 3 atom stereocenters. The highest BCUT2D eigenvalue weighted by atomic mass is 16.5. The van der Waals surface area contributed by atoms with Crippen molar-refractivity contribution in [2.45, 2.75) is 56.9 Å². The first kappa shape index (κ1) is 17.3. The van der Waals surface area contributed by atoms with Gasteiger partial charge in [-0.3, -0.25) is 0 Å². The van der Waals surface area contributed by atoms with Gasteiger partial charge in [-0.15, -0.1) is 0 Å². The van der Waals surface area contributed by atoms with Crippen molar-refractivity contribution in [3.63, 3.8) is 0 Å². The molecule has 4 rings (SSSR count). The molecule has 0 aromatic heterocycles. The van der Waals surface area contributed by atoms with Gasteiger partial charge in [-0.2, -0.15) is 0 Å². The molecule has 136 valence electrons. The summed E-state index contributed by atoms with van der Waals surface area (Å²) in [6, 6.07) is 15.4. The summed E-state index contributed by atoms with van der Waals surface area (Å²) >= 11 is 0. The molecular weight excluding hydrogens is 322 g/mol. The summed E-state index contributed by atoms with van der Waals surface area (Å²) in [6.07, 6.45) is 7.16. The molecule has 0 saturated heterocycles. The Morgan fingerprint density at radius 2 is 1.92 bits per heavy atom. The number of carbonyl (C=O) groups excluding carboxylic acids is 1. The maximum absolute atomic E-state index is 12.4. The Morgan fingerprint density at radius 1 is 1.12 bits per heavy atom. The largest absolute Gasteiger partial charge is 0.423 e. The van der Waals surface area contributed by atoms with Gasteiger partial charge < -0.3 is 10.5 Å². The van der Waals surface area contributed by atoms with Gasteiger partial charge in [0.05, 0.1) is 5.56 Å². The maximum Gasteiger partial charge on any atom is 0.343 e. The number of esters is 1. The van der Waals surface area contributed by atoms with E-state index in [0.717, 1.165) is 12.8 Å². The van der Waals surface area contributed by atoms with E-state index in [1.54, 1.807) is 12.1 Å². The molecule has 2 aromatic carbocycles. The molecular formula is C23H27NO2. The molecule has 2 N–H and O–H groups in total. The number of ether oxygens (including phenoxy) is 1. The van der Waals surface area contributed by atoms with Crippen molar-refractivity contribution in [1.82, 2.24) is 0 Å². The van der Waals surface area contributed by atoms with Crippen LogP contribution in [0, 0.1) is 5.92 Å². The smallest absolute Gasteiger partial charge is 0.343 e. The van der Waals surface area contributed by atoms with Crippen molar-refractivity contribution in [3.8, 4) is 5.75 Å². The number of nitrogens with two attached hydrogens (primary N) is 1. The zero-order valence-electron chi connectivity index (χ0n) is 15.4. The van der Waals surface area contributed by atoms with E-state index < -0.39 is 0 Å². The molecule has 2 aliphatic rings. The minimum absolute atomic E-state index is 0.0339. The number of rotatable bonds is 2. The summed E-state index contributed by atoms with van der Waals surface area (Å²) in [4.78, 5) is 12.4. The first-order valence-corrected chi connectivity index (χ1v) is 9.74. The Labute approximate surface area is 155 Å². The average Bonchev–Trinajstić information content (AvgIpc) is 2.66. The van der Waals surface area contributed by atoms with Gasteiger partial charge in [0.1, 0.15) is 5.75 Å². The minimum Gasteiger partial charge on any atom is -0.423 e. The van der Waals surface area contributed by atoms with Crippen molar-refractivity contribution in [3.05, 3.63) is 65.2 Å². The van der Waals surface area contributed by atoms with E-state index >= 15 is 0 Å². The van der Waals surface area contributed by atoms with Gasteiger partial charge in [0.15, 0.2) is 0 Å². The molecule has 1 fully saturated rings. The molecule has 26 heavy (non-hydrogen) atoms. The van der Waals surface area contributed by atoms with Gasteiger partial charge in [0, 0.05) is 11.5 Å². The number of hydrogen-bond donors (Lipinski definition) is 1. The number of benzene rings is 2. The van der Waals surface area contributed by atoms with Crippen LogP contribution in [-0.2, 0) is 11.8 Å². The van der Waals surface area contributed by atoms with Crippen LogP contribution < -0.4 is 10.5 Å². The number of fused-ring (bicyclic) bond motifs is 4. The quantitative estimate of drug-likeness (QED) is 0.635. The Balaban J connectivity index is 1.66. The van der Waals surface area contributed by atoms with Crippen LogP contribution in [0.1, 0.15) is 60.5 Å². The topological polar surface area (TPSA) is 52.3 Å². The minimum atomic E-state index is -0.314. The lowest BCUT2D eigenvalue weighted by Gasteiger charge is -2.47. The van der Waals surface area contributed by atoms with Gasteiger partial charge >= 0.3 is 5.97 Å². The highest BCUT2D eigenvalue weighted by Crippen LogP contribution is 2.46. The van der Waals surface area contributed by atoms with Crippen molar-refractivity contribution in [1.29, 1.82) is 0 Å². The van der Waals surface area contributed by atoms with Gasteiger partial charge in [-0.1, -0.05) is 50.5 Å². The third-order valence-electron chi connectivity index (χ3n) is 6.41. The Morgan fingerprint density at radius 3 is 2.73 bits per heavy atom. The fourth-order valence-corrected chi connectivity index (χ4v) is 4.84. The first-order chi connectivity index (χ1) is 12.6. The lowest BCUT2D eigenvalue weighted by molar-refractivity contribution is 0.0734. The Kier molecular flexibility index (Phi) is 4.58. The number of hydrogen-bond acceptors (Lipinski definition) is 3. The van der Waals surface area contributed by atoms with Crippen molar-refractivity contribution >= 4 is 5.97 Å². The molecule has 2 aromatic rings. The standard InChI is InChI=1S/C23H27NO2/c1-23-13-7-3-6-10-18(21(23)24)14-17-11-12-19(15-20(17)23)26-22(25)16-8-4-2-5-9-16/h2,4-5,8-9,11-12,15,18,21H,3,6-7,10,13-14,24H2,1H3/t18?,21-,23+/m0/s1. The highest BCUT2D eigenvalue weighted by Gasteiger charge is 2.43. The SMILES string of the molecule is C[C@@]12CCCCCC(Cc3ccc(OC(=O)c4ccccc4)cc31)[C@@H]2N. The maximum atomic E-state index is 12.4. The predicted octanol–water partition coefficient (Wildman–Crippen LogP) is 4.63. The molecule has 3 nitrogen and oxygen atoms in total. The van der Waals surface area contributed by atoms with Crippen LogP contribution in [0.15, 0.2) is 48.5 Å². The van der Waals surface area contributed by atoms with E-state index in [0.29, 0.717) is 17.2 Å². The summed E-state index contributed by atoms with van der Waals surface area (Å²) in [5, 5.41) is 0. The fourth-order valence-electron chi connectivity index (χ4n) is 4.84. The summed E-state index contributed by atoms with van der Waals surface area (Å²) in [6.45, 7) is 2.30. The monoisotopic (exact) mass is 349 g/mol. The lowest BCUT2D eigenvalue weighted by atomic mass is 9.60. The normalized spacial score (nSPS) is 27.8. The van der Waals surface area contributed by atoms with E-state index in [4.69, 9.17) is 10.5 Å². The summed E-state index contributed by atoms with van der Waals surface area (Å²) in [5.41, 5.74) is 9.93. The van der Waals surface area contributed by atoms with Crippen LogP contribution >= 0.6 is 0 Å². The molecule has 1 unspecified atom stereocenters. The molecule has 2 aliphatic carbocycles. The molecule has 1 saturated carbocycles. The van der Waals surface area contributed by atoms with Gasteiger partial charge in [0.25, 0.3) is 0 Å². The molecule has 0 radical (unpaired) electrons. The summed E-state index contributed by atoms with van der Waals surface area (Å²) < 4.78 is 5.66. The first-order valence-electron chi connectivity index (χ1n) is 9.74. The van der Waals surface area contributed by atoms with E-state index in [1.807, 2.05) is 24.3 Å².